The molecule has 0 amide bonds. The second-order valence-electron chi connectivity index (χ2n) is 11.2. The molecule has 5 rings (SSSR count). The van der Waals surface area contributed by atoms with Gasteiger partial charge in [-0.15, -0.1) is 0 Å². The van der Waals surface area contributed by atoms with E-state index in [0.717, 1.165) is 15.9 Å². The molecule has 1 unspecified atom stereocenters. The number of nitro benzene ring substituents is 1. The summed E-state index contributed by atoms with van der Waals surface area (Å²) < 4.78 is 11.3. The van der Waals surface area contributed by atoms with Gasteiger partial charge >= 0.3 is 269 Å². The molecule has 1 aliphatic heterocycles. The number of hydrogen-bond acceptors (Lipinski definition) is 7. The van der Waals surface area contributed by atoms with E-state index in [4.69, 9.17) is 9.47 Å². The fourth-order valence-electron chi connectivity index (χ4n) is 6.54. The van der Waals surface area contributed by atoms with E-state index in [0.29, 0.717) is 16.7 Å². The number of benzene rings is 4. The summed E-state index contributed by atoms with van der Waals surface area (Å²) in [5.41, 5.74) is 1.70. The molecule has 9 heteroatoms. The number of esters is 2. The number of allylic oxidation sites excluding steroid dienone is 1. The normalized spacial score (nSPS) is 15.7. The van der Waals surface area contributed by atoms with Crippen LogP contribution in [0.2, 0.25) is 0 Å². The molecule has 1 atom stereocenters. The number of dihydropyridines is 1. The van der Waals surface area contributed by atoms with Crippen LogP contribution in [0.3, 0.4) is 0 Å². The van der Waals surface area contributed by atoms with Gasteiger partial charge in [-0.3, -0.25) is 0 Å². The van der Waals surface area contributed by atoms with Gasteiger partial charge in [0.1, 0.15) is 0 Å². The van der Waals surface area contributed by atoms with E-state index in [9.17, 15) is 19.7 Å². The fourth-order valence-corrected chi connectivity index (χ4v) is 12.2. The van der Waals surface area contributed by atoms with Gasteiger partial charge in [0.25, 0.3) is 0 Å². The van der Waals surface area contributed by atoms with Crippen molar-refractivity contribution in [3.63, 3.8) is 0 Å². The quantitative estimate of drug-likeness (QED) is 0.0977. The number of ether oxygens (including phenoxy) is 2. The first-order valence-corrected chi connectivity index (χ1v) is 17.8. The molecule has 0 radical (unpaired) electrons. The number of nitro groups is 1. The molecule has 236 valence electrons. The SMILES string of the molecule is CCOC(=O)C1=C(C)NC(P(C)(c2ccccc2)(c2ccccc2)c2ccccc2)=C(C(=O)OCC)C1c1cccc([N+](=O)[O-])c1. The van der Waals surface area contributed by atoms with Crippen molar-refractivity contribution >= 4 is 40.1 Å². The molecule has 0 saturated heterocycles. The second-order valence-corrected chi connectivity index (χ2v) is 16.4. The van der Waals surface area contributed by atoms with Gasteiger partial charge in [-0.1, -0.05) is 0 Å². The summed E-state index contributed by atoms with van der Waals surface area (Å²) in [6, 6.07) is 36.2. The first kappa shape index (κ1) is 32.3. The van der Waals surface area contributed by atoms with Crippen LogP contribution in [0.5, 0.6) is 0 Å². The number of nitrogens with one attached hydrogen (secondary N) is 1. The number of carbonyl (C=O) groups is 2. The summed E-state index contributed by atoms with van der Waals surface area (Å²) >= 11 is 0. The van der Waals surface area contributed by atoms with Crippen LogP contribution >= 0.6 is 6.60 Å². The average molecular weight is 637 g/mol. The number of rotatable bonds is 10. The van der Waals surface area contributed by atoms with Gasteiger partial charge in [0.2, 0.25) is 0 Å². The van der Waals surface area contributed by atoms with Gasteiger partial charge in [-0.2, -0.15) is 0 Å². The molecule has 0 aliphatic carbocycles. The molecule has 4 aromatic rings. The number of hydrogen-bond donors (Lipinski definition) is 1. The molecule has 0 aromatic heterocycles. The molecule has 0 spiro atoms. The maximum absolute atomic E-state index is 14.5. The molecule has 0 fully saturated rings. The number of non-ortho nitro benzene ring substituents is 1. The third-order valence-corrected chi connectivity index (χ3v) is 14.9. The molecule has 1 N–H and O–H groups in total. The molecule has 8 nitrogen and oxygen atoms in total. The summed E-state index contributed by atoms with van der Waals surface area (Å²) in [4.78, 5) is 39.8. The molecule has 0 bridgehead atoms. The number of carbonyl (C=O) groups excluding carboxylic acids is 2. The van der Waals surface area contributed by atoms with Crippen LogP contribution in [0.1, 0.15) is 32.3 Å². The molecule has 1 heterocycles. The van der Waals surface area contributed by atoms with E-state index in [1.807, 2.05) is 54.6 Å². The van der Waals surface area contributed by atoms with Gasteiger partial charge in [-0.25, -0.2) is 0 Å². The van der Waals surface area contributed by atoms with Gasteiger partial charge < -0.3 is 0 Å². The summed E-state index contributed by atoms with van der Waals surface area (Å²) in [7, 11) is 0. The van der Waals surface area contributed by atoms with Crippen molar-refractivity contribution in [2.24, 2.45) is 0 Å². The minimum absolute atomic E-state index is 0.0797. The van der Waals surface area contributed by atoms with Crippen molar-refractivity contribution < 1.29 is 24.0 Å². The van der Waals surface area contributed by atoms with Crippen molar-refractivity contribution in [3.05, 3.63) is 153 Å². The van der Waals surface area contributed by atoms with E-state index in [-0.39, 0.29) is 30.0 Å². The zero-order valence-corrected chi connectivity index (χ0v) is 27.2. The van der Waals surface area contributed by atoms with E-state index in [2.05, 4.69) is 48.4 Å². The first-order valence-electron chi connectivity index (χ1n) is 15.2. The van der Waals surface area contributed by atoms with E-state index >= 15 is 0 Å². The topological polar surface area (TPSA) is 108 Å². The van der Waals surface area contributed by atoms with Gasteiger partial charge in [0.15, 0.2) is 0 Å². The Balaban J connectivity index is 2.04. The van der Waals surface area contributed by atoms with Crippen LogP contribution in [0.4, 0.5) is 5.69 Å². The van der Waals surface area contributed by atoms with E-state index in [1.54, 1.807) is 32.9 Å². The predicted molar refractivity (Wildman–Crippen MR) is 183 cm³/mol. The molecule has 46 heavy (non-hydrogen) atoms. The number of nitrogens with zero attached hydrogens (tertiary/aromatic N) is 1. The van der Waals surface area contributed by atoms with Crippen LogP contribution < -0.4 is 21.2 Å². The average Bonchev–Trinajstić information content (AvgIpc) is 3.08. The van der Waals surface area contributed by atoms with Crippen molar-refractivity contribution in [1.82, 2.24) is 5.32 Å². The summed E-state index contributed by atoms with van der Waals surface area (Å²) in [6.45, 7) is 3.68. The Hall–Kier alpha value is -5.07. The van der Waals surface area contributed by atoms with Crippen molar-refractivity contribution in [1.29, 1.82) is 0 Å². The molecule has 4 aromatic carbocycles. The van der Waals surface area contributed by atoms with Crippen molar-refractivity contribution in [3.8, 4) is 0 Å². The van der Waals surface area contributed by atoms with Crippen LogP contribution in [0, 0.1) is 10.1 Å². The van der Waals surface area contributed by atoms with Crippen LogP contribution in [-0.4, -0.2) is 36.7 Å². The Morgan fingerprint density at radius 1 is 0.739 bits per heavy atom. The van der Waals surface area contributed by atoms with Crippen LogP contribution in [-0.2, 0) is 19.1 Å². The molecular formula is C37H37N2O6P. The summed E-state index contributed by atoms with van der Waals surface area (Å²) in [6.07, 6.45) is 0. The van der Waals surface area contributed by atoms with Crippen molar-refractivity contribution in [2.75, 3.05) is 19.9 Å². The van der Waals surface area contributed by atoms with Crippen LogP contribution in [0.15, 0.2) is 138 Å². The second kappa shape index (κ2) is 13.1. The van der Waals surface area contributed by atoms with Crippen molar-refractivity contribution in [2.45, 2.75) is 26.7 Å². The Morgan fingerprint density at radius 3 is 1.63 bits per heavy atom. The van der Waals surface area contributed by atoms with E-state index < -0.39 is 29.4 Å². The zero-order valence-electron chi connectivity index (χ0n) is 26.3. The monoisotopic (exact) mass is 636 g/mol. The van der Waals surface area contributed by atoms with E-state index in [1.165, 1.54) is 12.1 Å². The van der Waals surface area contributed by atoms with Gasteiger partial charge in [0.05, 0.1) is 0 Å². The Morgan fingerprint density at radius 2 is 1.20 bits per heavy atom. The minimum atomic E-state index is -3.91. The van der Waals surface area contributed by atoms with Gasteiger partial charge in [-0.05, 0) is 0 Å². The first-order chi connectivity index (χ1) is 22.2. The van der Waals surface area contributed by atoms with Crippen LogP contribution in [0.25, 0.3) is 0 Å². The third kappa shape index (κ3) is 5.29. The molecule has 1 aliphatic rings. The summed E-state index contributed by atoms with van der Waals surface area (Å²) in [5.74, 6) is -2.29. The Kier molecular flexibility index (Phi) is 9.22. The third-order valence-electron chi connectivity index (χ3n) is 8.71. The zero-order chi connectivity index (χ0) is 32.9. The maximum atomic E-state index is 14.5. The Bertz CT molecular complexity index is 1740. The molecule has 0 saturated carbocycles. The Labute approximate surface area is 268 Å². The standard InChI is InChI=1S/C37H37N2O6P/c1-5-44-36(40)32-26(3)38-35(34(37(41)45-6-2)33(32)27-17-16-18-28(25-27)39(42)43)46(4,29-19-10-7-11-20-29,30-21-12-8-13-22-30)31-23-14-9-15-24-31/h7-25,33,38H,5-6H2,1-4H3. The predicted octanol–water partition coefficient (Wildman–Crippen LogP) is 6.05. The fraction of sp³-hybridized carbons (Fsp3) is 0.189. The molecular weight excluding hydrogens is 599 g/mol. The van der Waals surface area contributed by atoms with Gasteiger partial charge in [0, 0.05) is 0 Å². The summed E-state index contributed by atoms with van der Waals surface area (Å²) in [5, 5.41) is 18.5.